The number of rotatable bonds is 11. The smallest absolute Gasteiger partial charge is 0.161 e. The quantitative estimate of drug-likeness (QED) is 0.279. The van der Waals surface area contributed by atoms with E-state index in [0.717, 1.165) is 46.6 Å². The molecule has 0 unspecified atom stereocenters. The summed E-state index contributed by atoms with van der Waals surface area (Å²) in [6.45, 7) is 9.05. The number of benzene rings is 1. The van der Waals surface area contributed by atoms with E-state index in [9.17, 15) is 0 Å². The largest absolute Gasteiger partial charge is 0.383 e. The van der Waals surface area contributed by atoms with Gasteiger partial charge in [0.2, 0.25) is 0 Å². The normalized spacial score (nSPS) is 12.3. The fraction of sp³-hybridized carbons (Fsp3) is 0.346. The third-order valence-electron chi connectivity index (χ3n) is 4.82. The zero-order valence-electron chi connectivity index (χ0n) is 19.5. The molecule has 0 saturated carbocycles. The highest BCUT2D eigenvalue weighted by Gasteiger charge is 2.12. The minimum atomic E-state index is 0.695. The van der Waals surface area contributed by atoms with Crippen LogP contribution < -0.4 is 5.32 Å². The highest BCUT2D eigenvalue weighted by Crippen LogP contribution is 2.26. The predicted octanol–water partition coefficient (Wildman–Crippen LogP) is 5.94. The van der Waals surface area contributed by atoms with Crippen LogP contribution in [0.1, 0.15) is 44.2 Å². The summed E-state index contributed by atoms with van der Waals surface area (Å²) in [6, 6.07) is 8.26. The lowest BCUT2D eigenvalue weighted by Crippen LogP contribution is -2.08. The number of hydrogen-bond acceptors (Lipinski definition) is 5. The molecule has 0 bridgehead atoms. The van der Waals surface area contributed by atoms with Gasteiger partial charge in [0.1, 0.15) is 5.82 Å². The topological polar surface area (TPSA) is 53.4 Å². The van der Waals surface area contributed by atoms with Crippen molar-refractivity contribution in [3.05, 3.63) is 66.5 Å². The summed E-state index contributed by atoms with van der Waals surface area (Å²) in [6.07, 6.45) is 13.2. The predicted molar refractivity (Wildman–Crippen MR) is 135 cm³/mol. The van der Waals surface area contributed by atoms with Crippen LogP contribution in [0.25, 0.3) is 22.5 Å². The Bertz CT molecular complexity index is 954. The first kappa shape index (κ1) is 24.1. The Labute approximate surface area is 187 Å². The van der Waals surface area contributed by atoms with Gasteiger partial charge in [0.25, 0.3) is 0 Å². The lowest BCUT2D eigenvalue weighted by molar-refractivity contribution is 0.566. The number of nitrogens with one attached hydrogen (secondary N) is 1. The lowest BCUT2D eigenvalue weighted by atomic mass is 10.0. The van der Waals surface area contributed by atoms with Gasteiger partial charge >= 0.3 is 0 Å². The van der Waals surface area contributed by atoms with Crippen LogP contribution in [0.5, 0.6) is 0 Å². The maximum atomic E-state index is 4.90. The number of unbranched alkanes of at least 4 members (excludes halogenated alkanes) is 2. The first-order valence-corrected chi connectivity index (χ1v) is 10.8. The van der Waals surface area contributed by atoms with Gasteiger partial charge in [-0.2, -0.15) is 0 Å². The van der Waals surface area contributed by atoms with E-state index in [-0.39, 0.29) is 0 Å². The highest BCUT2D eigenvalue weighted by molar-refractivity contribution is 6.11. The van der Waals surface area contributed by atoms with E-state index in [2.05, 4.69) is 47.1 Å². The fourth-order valence-electron chi connectivity index (χ4n) is 3.25. The Hall–Kier alpha value is -3.21. The van der Waals surface area contributed by atoms with Crippen LogP contribution in [0.2, 0.25) is 0 Å². The molecule has 0 aliphatic carbocycles. The van der Waals surface area contributed by atoms with Crippen LogP contribution in [0.3, 0.4) is 0 Å². The van der Waals surface area contributed by atoms with Gasteiger partial charge in [0, 0.05) is 63.0 Å². The van der Waals surface area contributed by atoms with Gasteiger partial charge in [-0.1, -0.05) is 56.7 Å². The van der Waals surface area contributed by atoms with Crippen molar-refractivity contribution in [2.75, 3.05) is 33.0 Å². The molecule has 1 heterocycles. The number of aromatic nitrogens is 2. The van der Waals surface area contributed by atoms with Crippen LogP contribution in [-0.4, -0.2) is 48.8 Å². The van der Waals surface area contributed by atoms with Crippen LogP contribution in [-0.2, 0) is 0 Å². The molecule has 0 atom stereocenters. The van der Waals surface area contributed by atoms with Crippen molar-refractivity contribution in [1.29, 1.82) is 0 Å². The first-order chi connectivity index (χ1) is 15.0. The molecule has 31 heavy (non-hydrogen) atoms. The van der Waals surface area contributed by atoms with Crippen LogP contribution in [0.15, 0.2) is 60.4 Å². The van der Waals surface area contributed by atoms with Crippen molar-refractivity contribution in [2.45, 2.75) is 33.1 Å². The molecule has 5 heteroatoms. The van der Waals surface area contributed by atoms with E-state index in [1.807, 2.05) is 62.6 Å². The summed E-state index contributed by atoms with van der Waals surface area (Å²) in [5.74, 6) is 1.54. The lowest BCUT2D eigenvalue weighted by Gasteiger charge is -2.14. The second-order valence-electron chi connectivity index (χ2n) is 7.55. The van der Waals surface area contributed by atoms with E-state index in [0.29, 0.717) is 5.82 Å². The molecule has 0 saturated heterocycles. The molecule has 0 amide bonds. The molecular formula is C26H35N5. The van der Waals surface area contributed by atoms with Crippen LogP contribution >= 0.6 is 0 Å². The van der Waals surface area contributed by atoms with Crippen molar-refractivity contribution in [1.82, 2.24) is 14.9 Å². The second kappa shape index (κ2) is 12.5. The number of aliphatic imine (C=N–C) groups is 1. The Morgan fingerprint density at radius 1 is 1.23 bits per heavy atom. The van der Waals surface area contributed by atoms with Gasteiger partial charge in [-0.15, -0.1) is 0 Å². The monoisotopic (exact) mass is 417 g/mol. The molecule has 5 nitrogen and oxygen atoms in total. The molecule has 1 N–H and O–H groups in total. The zero-order chi connectivity index (χ0) is 22.6. The molecule has 2 rings (SSSR count). The van der Waals surface area contributed by atoms with Crippen molar-refractivity contribution in [3.63, 3.8) is 0 Å². The average Bonchev–Trinajstić information content (AvgIpc) is 2.78. The summed E-state index contributed by atoms with van der Waals surface area (Å²) in [7, 11) is 5.78. The maximum absolute atomic E-state index is 4.90. The number of hydrogen-bond donors (Lipinski definition) is 1. The molecule has 2 aromatic rings. The van der Waals surface area contributed by atoms with Gasteiger partial charge in [-0.25, -0.2) is 9.97 Å². The molecule has 1 aromatic carbocycles. The van der Waals surface area contributed by atoms with E-state index < -0.39 is 0 Å². The molecule has 0 radical (unpaired) electrons. The standard InChI is InChI=1S/C26H35N5/c1-7-10-11-15-28-26-24(20(8-2)17-27-4)18-29-25(30-26)23-14-12-13-22(16-23)21(9-3)19-31(5)6/h8-9,12-14,16-19H,3,7,10-11,15H2,1-2,4-6H3,(H,28,29,30)/b20-8+,21-19+,27-17?. The Morgan fingerprint density at radius 2 is 2.03 bits per heavy atom. The number of anilines is 1. The molecule has 0 fully saturated rings. The van der Waals surface area contributed by atoms with E-state index in [1.165, 1.54) is 12.8 Å². The van der Waals surface area contributed by atoms with Gasteiger partial charge in [0.15, 0.2) is 5.82 Å². The summed E-state index contributed by atoms with van der Waals surface area (Å²) >= 11 is 0. The summed E-state index contributed by atoms with van der Waals surface area (Å²) in [5.41, 5.74) is 5.07. The maximum Gasteiger partial charge on any atom is 0.161 e. The molecular weight excluding hydrogens is 382 g/mol. The van der Waals surface area contributed by atoms with Crippen LogP contribution in [0.4, 0.5) is 5.82 Å². The highest BCUT2D eigenvalue weighted by atomic mass is 15.0. The molecule has 1 aromatic heterocycles. The Morgan fingerprint density at radius 3 is 2.68 bits per heavy atom. The fourth-order valence-corrected chi connectivity index (χ4v) is 3.25. The Balaban J connectivity index is 2.47. The van der Waals surface area contributed by atoms with E-state index in [1.54, 1.807) is 7.05 Å². The third-order valence-corrected chi connectivity index (χ3v) is 4.82. The second-order valence-corrected chi connectivity index (χ2v) is 7.55. The third kappa shape index (κ3) is 6.92. The van der Waals surface area contributed by atoms with Crippen molar-refractivity contribution in [3.8, 4) is 11.4 Å². The zero-order valence-corrected chi connectivity index (χ0v) is 19.5. The Kier molecular flexibility index (Phi) is 9.69. The first-order valence-electron chi connectivity index (χ1n) is 10.8. The summed E-state index contributed by atoms with van der Waals surface area (Å²) in [5, 5.41) is 3.52. The van der Waals surface area contributed by atoms with Gasteiger partial charge in [0.05, 0.1) is 0 Å². The van der Waals surface area contributed by atoms with Gasteiger partial charge < -0.3 is 10.2 Å². The van der Waals surface area contributed by atoms with Crippen molar-refractivity contribution < 1.29 is 0 Å². The minimum absolute atomic E-state index is 0.695. The summed E-state index contributed by atoms with van der Waals surface area (Å²) < 4.78 is 0. The van der Waals surface area contributed by atoms with E-state index >= 15 is 0 Å². The average molecular weight is 418 g/mol. The molecule has 164 valence electrons. The number of nitrogens with zero attached hydrogens (tertiary/aromatic N) is 4. The number of allylic oxidation sites excluding steroid dienone is 4. The minimum Gasteiger partial charge on any atom is -0.383 e. The van der Waals surface area contributed by atoms with E-state index in [4.69, 9.17) is 4.98 Å². The SMILES string of the molecule is C=C/C(=C\N(C)C)c1cccc(-c2ncc(/C(C=NC)=C/C)c(NCCCCC)n2)c1. The molecule has 0 spiro atoms. The van der Waals surface area contributed by atoms with Gasteiger partial charge in [-0.3, -0.25) is 4.99 Å². The van der Waals surface area contributed by atoms with Crippen molar-refractivity contribution >= 4 is 23.2 Å². The molecule has 0 aliphatic rings. The summed E-state index contributed by atoms with van der Waals surface area (Å²) in [4.78, 5) is 15.8. The van der Waals surface area contributed by atoms with Crippen molar-refractivity contribution in [2.24, 2.45) is 4.99 Å². The van der Waals surface area contributed by atoms with Gasteiger partial charge in [-0.05, 0) is 30.5 Å². The van der Waals surface area contributed by atoms with Crippen LogP contribution in [0, 0.1) is 0 Å². The molecule has 0 aliphatic heterocycles.